The molecular weight excluding hydrogens is 426 g/mol. The number of aliphatic imine (C=N–C) groups is 1. The van der Waals surface area contributed by atoms with Gasteiger partial charge in [0.1, 0.15) is 5.75 Å². The van der Waals surface area contributed by atoms with Gasteiger partial charge in [0.15, 0.2) is 15.6 Å². The SMILES string of the molecule is Cc1ccc2c(c1CN1CCNCC1)O/C(=C\C1=NCc3ccc(S(C)(=O)=O)cc31)C2=O. The number of fused-ring (bicyclic) bond motifs is 2. The maximum Gasteiger partial charge on any atom is 0.232 e. The molecule has 2 aromatic rings. The Hall–Kier alpha value is -2.81. The summed E-state index contributed by atoms with van der Waals surface area (Å²) < 4.78 is 30.1. The van der Waals surface area contributed by atoms with Crippen molar-refractivity contribution in [2.75, 3.05) is 32.4 Å². The first-order valence-electron chi connectivity index (χ1n) is 10.7. The number of Topliss-reactive ketones (excluding diaryl/α,β-unsaturated/α-hetero) is 1. The van der Waals surface area contributed by atoms with E-state index in [1.54, 1.807) is 24.3 Å². The number of aryl methyl sites for hydroxylation is 1. The van der Waals surface area contributed by atoms with E-state index in [-0.39, 0.29) is 16.4 Å². The summed E-state index contributed by atoms with van der Waals surface area (Å²) in [6, 6.07) is 8.79. The van der Waals surface area contributed by atoms with Crippen molar-refractivity contribution in [1.82, 2.24) is 10.2 Å². The molecule has 0 atom stereocenters. The lowest BCUT2D eigenvalue weighted by atomic mass is 10.0. The van der Waals surface area contributed by atoms with Crippen molar-refractivity contribution in [1.29, 1.82) is 0 Å². The molecule has 0 unspecified atom stereocenters. The van der Waals surface area contributed by atoms with Gasteiger partial charge in [-0.1, -0.05) is 12.1 Å². The Morgan fingerprint density at radius 1 is 1.16 bits per heavy atom. The third kappa shape index (κ3) is 3.79. The van der Waals surface area contributed by atoms with Gasteiger partial charge in [-0.3, -0.25) is 14.7 Å². The summed E-state index contributed by atoms with van der Waals surface area (Å²) in [4.78, 5) is 20.2. The molecule has 0 radical (unpaired) electrons. The van der Waals surface area contributed by atoms with Gasteiger partial charge in [0.2, 0.25) is 5.78 Å². The van der Waals surface area contributed by atoms with Gasteiger partial charge in [-0.2, -0.15) is 0 Å². The Morgan fingerprint density at radius 2 is 1.94 bits per heavy atom. The van der Waals surface area contributed by atoms with Gasteiger partial charge in [-0.05, 0) is 36.2 Å². The minimum absolute atomic E-state index is 0.169. The van der Waals surface area contributed by atoms with Crippen LogP contribution in [0.5, 0.6) is 5.75 Å². The van der Waals surface area contributed by atoms with Crippen LogP contribution in [-0.2, 0) is 22.9 Å². The monoisotopic (exact) mass is 451 g/mol. The van der Waals surface area contributed by atoms with Crippen LogP contribution in [0.25, 0.3) is 0 Å². The van der Waals surface area contributed by atoms with Crippen LogP contribution in [-0.4, -0.2) is 57.2 Å². The first kappa shape index (κ1) is 21.1. The molecule has 166 valence electrons. The van der Waals surface area contributed by atoms with Crippen molar-refractivity contribution in [3.8, 4) is 5.75 Å². The lowest BCUT2D eigenvalue weighted by Crippen LogP contribution is -2.43. The topological polar surface area (TPSA) is 88.1 Å². The molecule has 0 saturated carbocycles. The number of carbonyl (C=O) groups is 1. The fraction of sp³-hybridized carbons (Fsp3) is 0.333. The van der Waals surface area contributed by atoms with Crippen molar-refractivity contribution < 1.29 is 17.9 Å². The Labute approximate surface area is 187 Å². The first-order chi connectivity index (χ1) is 15.3. The van der Waals surface area contributed by atoms with Crippen molar-refractivity contribution in [3.05, 3.63) is 70.0 Å². The second-order valence-electron chi connectivity index (χ2n) is 8.50. The minimum atomic E-state index is -3.34. The molecule has 0 amide bonds. The minimum Gasteiger partial charge on any atom is -0.452 e. The number of piperazine rings is 1. The lowest BCUT2D eigenvalue weighted by Gasteiger charge is -2.28. The van der Waals surface area contributed by atoms with E-state index in [9.17, 15) is 13.2 Å². The van der Waals surface area contributed by atoms with Gasteiger partial charge >= 0.3 is 0 Å². The van der Waals surface area contributed by atoms with Crippen LogP contribution in [0.15, 0.2) is 52.1 Å². The second-order valence-corrected chi connectivity index (χ2v) is 10.5. The molecule has 0 aliphatic carbocycles. The van der Waals surface area contributed by atoms with E-state index >= 15 is 0 Å². The van der Waals surface area contributed by atoms with Crippen LogP contribution in [0.3, 0.4) is 0 Å². The molecule has 1 fully saturated rings. The van der Waals surface area contributed by atoms with Crippen LogP contribution >= 0.6 is 0 Å². The van der Waals surface area contributed by atoms with E-state index < -0.39 is 9.84 Å². The number of benzene rings is 2. The molecule has 0 bridgehead atoms. The fourth-order valence-electron chi connectivity index (χ4n) is 4.36. The number of nitrogens with zero attached hydrogens (tertiary/aromatic N) is 2. The van der Waals surface area contributed by atoms with Gasteiger partial charge in [0.05, 0.1) is 22.7 Å². The molecule has 3 aliphatic heterocycles. The van der Waals surface area contributed by atoms with E-state index in [1.807, 2.05) is 19.1 Å². The molecule has 0 aromatic heterocycles. The number of rotatable bonds is 4. The summed E-state index contributed by atoms with van der Waals surface area (Å²) in [5.41, 5.74) is 4.93. The van der Waals surface area contributed by atoms with E-state index in [1.165, 1.54) is 6.26 Å². The normalized spacial score (nSPS) is 19.6. The number of hydrogen-bond acceptors (Lipinski definition) is 7. The Kier molecular flexibility index (Phi) is 5.23. The maximum atomic E-state index is 13.1. The number of sulfone groups is 1. The predicted molar refractivity (Wildman–Crippen MR) is 122 cm³/mol. The molecule has 3 heterocycles. The summed E-state index contributed by atoms with van der Waals surface area (Å²) in [7, 11) is -3.34. The van der Waals surface area contributed by atoms with Gasteiger partial charge in [-0.15, -0.1) is 0 Å². The molecule has 8 heteroatoms. The van der Waals surface area contributed by atoms with Crippen LogP contribution in [0.4, 0.5) is 0 Å². The third-order valence-electron chi connectivity index (χ3n) is 6.24. The highest BCUT2D eigenvalue weighted by atomic mass is 32.2. The number of carbonyl (C=O) groups excluding carboxylic acids is 1. The molecule has 5 rings (SSSR count). The first-order valence-corrected chi connectivity index (χ1v) is 12.6. The van der Waals surface area contributed by atoms with E-state index in [2.05, 4.69) is 15.2 Å². The number of allylic oxidation sites excluding steroid dienone is 2. The highest BCUT2D eigenvalue weighted by molar-refractivity contribution is 7.90. The van der Waals surface area contributed by atoms with Crippen molar-refractivity contribution in [3.63, 3.8) is 0 Å². The molecule has 32 heavy (non-hydrogen) atoms. The number of nitrogens with one attached hydrogen (secondary N) is 1. The lowest BCUT2D eigenvalue weighted by molar-refractivity contribution is 0.101. The molecule has 1 saturated heterocycles. The fourth-order valence-corrected chi connectivity index (χ4v) is 5.01. The average molecular weight is 452 g/mol. The molecular formula is C24H25N3O4S. The van der Waals surface area contributed by atoms with E-state index in [0.717, 1.165) is 55.0 Å². The van der Waals surface area contributed by atoms with Crippen LogP contribution < -0.4 is 10.1 Å². The van der Waals surface area contributed by atoms with Gasteiger partial charge in [0, 0.05) is 56.2 Å². The molecule has 1 N–H and O–H groups in total. The summed E-state index contributed by atoms with van der Waals surface area (Å²) >= 11 is 0. The summed E-state index contributed by atoms with van der Waals surface area (Å²) in [5, 5.41) is 3.36. The van der Waals surface area contributed by atoms with Crippen LogP contribution in [0.2, 0.25) is 0 Å². The second kappa shape index (κ2) is 7.95. The largest absolute Gasteiger partial charge is 0.452 e. The smallest absolute Gasteiger partial charge is 0.232 e. The van der Waals surface area contributed by atoms with Crippen LogP contribution in [0, 0.1) is 6.92 Å². The predicted octanol–water partition coefficient (Wildman–Crippen LogP) is 2.27. The summed E-state index contributed by atoms with van der Waals surface area (Å²) in [6.45, 7) is 7.04. The van der Waals surface area contributed by atoms with Gasteiger partial charge < -0.3 is 10.1 Å². The van der Waals surface area contributed by atoms with Crippen molar-refractivity contribution in [2.45, 2.75) is 24.9 Å². The number of hydrogen-bond donors (Lipinski definition) is 1. The Morgan fingerprint density at radius 3 is 2.69 bits per heavy atom. The Bertz CT molecular complexity index is 1290. The maximum absolute atomic E-state index is 13.1. The molecule has 2 aromatic carbocycles. The van der Waals surface area contributed by atoms with Crippen LogP contribution in [0.1, 0.15) is 32.6 Å². The number of ether oxygens (including phenoxy) is 1. The van der Waals surface area contributed by atoms with E-state index in [4.69, 9.17) is 4.74 Å². The third-order valence-corrected chi connectivity index (χ3v) is 7.35. The van der Waals surface area contributed by atoms with Crippen molar-refractivity contribution >= 4 is 21.3 Å². The highest BCUT2D eigenvalue weighted by Crippen LogP contribution is 2.37. The number of ketones is 1. The quantitative estimate of drug-likeness (QED) is 0.718. The van der Waals surface area contributed by atoms with Gasteiger partial charge in [-0.25, -0.2) is 8.42 Å². The molecule has 3 aliphatic rings. The zero-order chi connectivity index (χ0) is 22.5. The average Bonchev–Trinajstić information content (AvgIpc) is 3.31. The van der Waals surface area contributed by atoms with Crippen molar-refractivity contribution in [2.24, 2.45) is 4.99 Å². The molecule has 0 spiro atoms. The highest BCUT2D eigenvalue weighted by Gasteiger charge is 2.32. The van der Waals surface area contributed by atoms with E-state index in [0.29, 0.717) is 23.6 Å². The zero-order valence-electron chi connectivity index (χ0n) is 18.1. The Balaban J connectivity index is 1.47. The summed E-state index contributed by atoms with van der Waals surface area (Å²) in [5.74, 6) is 0.684. The standard InChI is InChI=1S/C24H25N3O4S/c1-15-3-6-18-23(28)22(31-24(18)20(15)14-27-9-7-25-8-10-27)12-21-19-11-17(32(2,29)30)5-4-16(19)13-26-21/h3-6,11-12,25H,7-10,13-14H2,1-2H3/b22-12-. The van der Waals surface area contributed by atoms with Gasteiger partial charge in [0.25, 0.3) is 0 Å². The zero-order valence-corrected chi connectivity index (χ0v) is 19.0. The molecule has 7 nitrogen and oxygen atoms in total. The summed E-state index contributed by atoms with van der Waals surface area (Å²) in [6.07, 6.45) is 2.83.